The molecule has 1 aromatic heterocycles. The molecule has 0 spiro atoms. The largest absolute Gasteiger partial charge is 0.340 e. The van der Waals surface area contributed by atoms with Crippen molar-refractivity contribution in [2.75, 3.05) is 11.9 Å². The molecule has 2 aromatic rings. The van der Waals surface area contributed by atoms with Crippen LogP contribution < -0.4 is 5.32 Å². The Morgan fingerprint density at radius 3 is 2.76 bits per heavy atom. The summed E-state index contributed by atoms with van der Waals surface area (Å²) in [7, 11) is 0. The molecular formula is C19H23ClN4O. The lowest BCUT2D eigenvalue weighted by Crippen LogP contribution is -2.43. The zero-order chi connectivity index (χ0) is 17.8. The van der Waals surface area contributed by atoms with Crippen LogP contribution in [0.1, 0.15) is 48.9 Å². The number of aryl methyl sites for hydroxylation is 1. The first-order chi connectivity index (χ1) is 12.1. The minimum atomic E-state index is -0.00351. The number of rotatable bonds is 4. The van der Waals surface area contributed by atoms with Gasteiger partial charge in [-0.1, -0.05) is 18.5 Å². The van der Waals surface area contributed by atoms with Gasteiger partial charge in [-0.2, -0.15) is 0 Å². The summed E-state index contributed by atoms with van der Waals surface area (Å²) in [4.78, 5) is 23.7. The van der Waals surface area contributed by atoms with Gasteiger partial charge >= 0.3 is 0 Å². The summed E-state index contributed by atoms with van der Waals surface area (Å²) < 4.78 is 0. The van der Waals surface area contributed by atoms with Crippen molar-refractivity contribution in [3.63, 3.8) is 0 Å². The number of hydrogen-bond donors (Lipinski definition) is 1. The van der Waals surface area contributed by atoms with Gasteiger partial charge < -0.3 is 10.2 Å². The number of piperidine rings is 1. The van der Waals surface area contributed by atoms with Crippen molar-refractivity contribution >= 4 is 29.0 Å². The van der Waals surface area contributed by atoms with Gasteiger partial charge in [-0.25, -0.2) is 9.97 Å². The van der Waals surface area contributed by atoms with Crippen LogP contribution in [0.25, 0.3) is 0 Å². The van der Waals surface area contributed by atoms with Crippen molar-refractivity contribution in [3.05, 3.63) is 46.9 Å². The zero-order valence-corrected chi connectivity index (χ0v) is 15.4. The van der Waals surface area contributed by atoms with E-state index in [1.807, 2.05) is 29.2 Å². The molecule has 5 nitrogen and oxygen atoms in total. The zero-order valence-electron chi connectivity index (χ0n) is 14.6. The number of nitrogens with zero attached hydrogens (tertiary/aromatic N) is 3. The summed E-state index contributed by atoms with van der Waals surface area (Å²) >= 11 is 5.92. The van der Waals surface area contributed by atoms with E-state index in [0.717, 1.165) is 31.5 Å². The molecule has 1 N–H and O–H groups in total. The predicted molar refractivity (Wildman–Crippen MR) is 100 cm³/mol. The standard InChI is InChI=1S/C19H23ClN4O/c1-3-16-6-4-5-11-24(16)19(25)17-12-18(22-13(2)21-17)23-15-9-7-14(20)8-10-15/h7-10,12,16H,3-6,11H2,1-2H3,(H,21,22,23). The fourth-order valence-corrected chi connectivity index (χ4v) is 3.39. The van der Waals surface area contributed by atoms with Gasteiger partial charge in [0, 0.05) is 29.4 Å². The van der Waals surface area contributed by atoms with Gasteiger partial charge in [0.2, 0.25) is 0 Å². The molecule has 1 atom stereocenters. The van der Waals surface area contributed by atoms with E-state index in [1.54, 1.807) is 13.0 Å². The highest BCUT2D eigenvalue weighted by Crippen LogP contribution is 2.23. The maximum absolute atomic E-state index is 13.0. The number of likely N-dealkylation sites (tertiary alicyclic amines) is 1. The number of amides is 1. The number of nitrogens with one attached hydrogen (secondary N) is 1. The molecule has 1 amide bonds. The molecule has 0 aliphatic carbocycles. The monoisotopic (exact) mass is 358 g/mol. The Morgan fingerprint density at radius 1 is 1.28 bits per heavy atom. The number of halogens is 1. The first-order valence-corrected chi connectivity index (χ1v) is 9.14. The van der Waals surface area contributed by atoms with E-state index in [-0.39, 0.29) is 5.91 Å². The lowest BCUT2D eigenvalue weighted by atomic mass is 9.99. The van der Waals surface area contributed by atoms with E-state index < -0.39 is 0 Å². The molecule has 1 aromatic carbocycles. The van der Waals surface area contributed by atoms with Crippen LogP contribution in [-0.4, -0.2) is 33.4 Å². The van der Waals surface area contributed by atoms with Crippen LogP contribution in [0.4, 0.5) is 11.5 Å². The summed E-state index contributed by atoms with van der Waals surface area (Å²) in [5.74, 6) is 1.19. The van der Waals surface area contributed by atoms with Crippen molar-refractivity contribution in [1.29, 1.82) is 0 Å². The van der Waals surface area contributed by atoms with Crippen molar-refractivity contribution in [3.8, 4) is 0 Å². The molecule has 25 heavy (non-hydrogen) atoms. The Hall–Kier alpha value is -2.14. The van der Waals surface area contributed by atoms with Crippen molar-refractivity contribution in [2.24, 2.45) is 0 Å². The van der Waals surface area contributed by atoms with E-state index >= 15 is 0 Å². The molecule has 0 bridgehead atoms. The number of aromatic nitrogens is 2. The van der Waals surface area contributed by atoms with Gasteiger partial charge in [0.25, 0.3) is 5.91 Å². The van der Waals surface area contributed by atoms with Crippen LogP contribution in [-0.2, 0) is 0 Å². The molecule has 132 valence electrons. The Labute approximate surface area is 153 Å². The van der Waals surface area contributed by atoms with Crippen LogP contribution in [0.5, 0.6) is 0 Å². The molecule has 1 aliphatic rings. The number of anilines is 2. The van der Waals surface area contributed by atoms with Gasteiger partial charge in [-0.3, -0.25) is 4.79 Å². The van der Waals surface area contributed by atoms with Crippen molar-refractivity contribution < 1.29 is 4.79 Å². The molecule has 1 unspecified atom stereocenters. The van der Waals surface area contributed by atoms with Gasteiger partial charge in [0.05, 0.1) is 0 Å². The van der Waals surface area contributed by atoms with Gasteiger partial charge in [0.15, 0.2) is 0 Å². The second kappa shape index (κ2) is 7.83. The van der Waals surface area contributed by atoms with Crippen molar-refractivity contribution in [1.82, 2.24) is 14.9 Å². The Morgan fingerprint density at radius 2 is 2.04 bits per heavy atom. The first-order valence-electron chi connectivity index (χ1n) is 8.76. The molecule has 2 heterocycles. The lowest BCUT2D eigenvalue weighted by Gasteiger charge is -2.35. The number of benzene rings is 1. The Bertz CT molecular complexity index is 748. The molecule has 1 aliphatic heterocycles. The lowest BCUT2D eigenvalue weighted by molar-refractivity contribution is 0.0601. The molecule has 0 saturated carbocycles. The molecule has 0 radical (unpaired) electrons. The smallest absolute Gasteiger partial charge is 0.272 e. The molecule has 1 fully saturated rings. The van der Waals surface area contributed by atoms with E-state index in [2.05, 4.69) is 22.2 Å². The predicted octanol–water partition coefficient (Wildman–Crippen LogP) is 4.59. The minimum absolute atomic E-state index is 0.00351. The second-order valence-electron chi connectivity index (χ2n) is 6.37. The van der Waals surface area contributed by atoms with Crippen LogP contribution >= 0.6 is 11.6 Å². The third-order valence-corrected chi connectivity index (χ3v) is 4.78. The fraction of sp³-hybridized carbons (Fsp3) is 0.421. The number of carbonyl (C=O) groups excluding carboxylic acids is 1. The third kappa shape index (κ3) is 4.28. The van der Waals surface area contributed by atoms with E-state index in [9.17, 15) is 4.79 Å². The molecule has 6 heteroatoms. The summed E-state index contributed by atoms with van der Waals surface area (Å²) in [6.07, 6.45) is 4.30. The third-order valence-electron chi connectivity index (χ3n) is 4.53. The Balaban J connectivity index is 1.83. The highest BCUT2D eigenvalue weighted by Gasteiger charge is 2.27. The SMILES string of the molecule is CCC1CCCCN1C(=O)c1cc(Nc2ccc(Cl)cc2)nc(C)n1. The molecule has 3 rings (SSSR count). The second-order valence-corrected chi connectivity index (χ2v) is 6.81. The molecular weight excluding hydrogens is 336 g/mol. The summed E-state index contributed by atoms with van der Waals surface area (Å²) in [5.41, 5.74) is 1.31. The number of carbonyl (C=O) groups is 1. The topological polar surface area (TPSA) is 58.1 Å². The van der Waals surface area contributed by atoms with Crippen molar-refractivity contribution in [2.45, 2.75) is 45.6 Å². The van der Waals surface area contributed by atoms with Crippen LogP contribution in [0, 0.1) is 6.92 Å². The first kappa shape index (κ1) is 17.7. The normalized spacial score (nSPS) is 17.4. The van der Waals surface area contributed by atoms with E-state index in [1.165, 1.54) is 6.42 Å². The van der Waals surface area contributed by atoms with Gasteiger partial charge in [-0.15, -0.1) is 0 Å². The van der Waals surface area contributed by atoms with Crippen LogP contribution in [0.2, 0.25) is 5.02 Å². The highest BCUT2D eigenvalue weighted by molar-refractivity contribution is 6.30. The average Bonchev–Trinajstić information content (AvgIpc) is 2.62. The maximum atomic E-state index is 13.0. The quantitative estimate of drug-likeness (QED) is 0.868. The highest BCUT2D eigenvalue weighted by atomic mass is 35.5. The fourth-order valence-electron chi connectivity index (χ4n) is 3.26. The summed E-state index contributed by atoms with van der Waals surface area (Å²) in [6.45, 7) is 4.74. The summed E-state index contributed by atoms with van der Waals surface area (Å²) in [6, 6.07) is 9.40. The van der Waals surface area contributed by atoms with E-state index in [0.29, 0.717) is 28.4 Å². The average molecular weight is 359 g/mol. The maximum Gasteiger partial charge on any atom is 0.272 e. The van der Waals surface area contributed by atoms with Gasteiger partial charge in [-0.05, 0) is 56.9 Å². The van der Waals surface area contributed by atoms with Crippen LogP contribution in [0.15, 0.2) is 30.3 Å². The summed E-state index contributed by atoms with van der Waals surface area (Å²) in [5, 5.41) is 3.89. The molecule has 1 saturated heterocycles. The minimum Gasteiger partial charge on any atom is -0.340 e. The van der Waals surface area contributed by atoms with Gasteiger partial charge in [0.1, 0.15) is 17.3 Å². The Kier molecular flexibility index (Phi) is 5.53. The number of hydrogen-bond acceptors (Lipinski definition) is 4. The van der Waals surface area contributed by atoms with E-state index in [4.69, 9.17) is 11.6 Å². The van der Waals surface area contributed by atoms with Crippen LogP contribution in [0.3, 0.4) is 0 Å².